The number of carbonyl (C=O) groups excluding carboxylic acids is 4. The van der Waals surface area contributed by atoms with Gasteiger partial charge in [0.1, 0.15) is 22.8 Å². The topological polar surface area (TPSA) is 206 Å². The average molecular weight is 544 g/mol. The maximum absolute atomic E-state index is 14.0. The molecule has 39 heavy (non-hydrogen) atoms. The number of primary amides is 1. The van der Waals surface area contributed by atoms with Crippen molar-refractivity contribution in [2.45, 2.75) is 24.5 Å². The van der Waals surface area contributed by atoms with Gasteiger partial charge in [-0.05, 0) is 51.5 Å². The van der Waals surface area contributed by atoms with Gasteiger partial charge >= 0.3 is 0 Å². The molecule has 0 bridgehead atoms. The van der Waals surface area contributed by atoms with Gasteiger partial charge in [0.05, 0.1) is 23.8 Å². The molecule has 2 amide bonds. The van der Waals surface area contributed by atoms with Crippen molar-refractivity contribution < 1.29 is 39.6 Å². The number of hydrogen-bond acceptors (Lipinski definition) is 11. The van der Waals surface area contributed by atoms with Crippen LogP contribution in [0, 0.1) is 11.8 Å². The molecule has 0 radical (unpaired) electrons. The number of phenolic OH excluding ortho intramolecular Hbond substituents is 1. The van der Waals surface area contributed by atoms with Crippen LogP contribution in [-0.2, 0) is 25.6 Å². The van der Waals surface area contributed by atoms with Gasteiger partial charge in [0.2, 0.25) is 11.7 Å². The van der Waals surface area contributed by atoms with E-state index in [0.717, 1.165) is 0 Å². The van der Waals surface area contributed by atoms with Crippen LogP contribution in [0.4, 0.5) is 11.4 Å². The number of nitrogens with one attached hydrogen (secondary N) is 2. The first-order chi connectivity index (χ1) is 18.2. The van der Waals surface area contributed by atoms with Crippen molar-refractivity contribution in [2.75, 3.05) is 52.0 Å². The summed E-state index contributed by atoms with van der Waals surface area (Å²) in [6.45, 7) is -0.0462. The standard InChI is InChI=1S/C26H33N5O8/c1-28-9-15(32)29-13-8-14(30(2)3)11-6-10-7-12-19(31(4)5)22(35)18(25(27)38)24(37)26(12,39)23(36)16(10)21(34)17(11)20(13)33/h8,10,12,19,28,33-34,37,39H,6-7,9H2,1-5H3,(H2,27,38)(H,29,32)/t10?,12?,19-,26-/m0/s1. The monoisotopic (exact) mass is 543 g/mol. The molecule has 0 aromatic heterocycles. The number of nitrogens with two attached hydrogens (primary N) is 1. The van der Waals surface area contributed by atoms with Crippen LogP contribution in [0.5, 0.6) is 5.75 Å². The summed E-state index contributed by atoms with van der Waals surface area (Å²) in [5, 5.41) is 50.5. The molecule has 1 fully saturated rings. The van der Waals surface area contributed by atoms with E-state index in [1.54, 1.807) is 46.2 Å². The van der Waals surface area contributed by atoms with Crippen LogP contribution >= 0.6 is 0 Å². The van der Waals surface area contributed by atoms with Gasteiger partial charge < -0.3 is 41.7 Å². The van der Waals surface area contributed by atoms with Gasteiger partial charge in [-0.25, -0.2) is 0 Å². The fourth-order valence-electron chi connectivity index (χ4n) is 6.14. The average Bonchev–Trinajstić information content (AvgIpc) is 2.82. The van der Waals surface area contributed by atoms with Crippen LogP contribution in [0.3, 0.4) is 0 Å². The molecule has 0 saturated heterocycles. The fraction of sp³-hybridized carbons (Fsp3) is 0.462. The highest BCUT2D eigenvalue weighted by atomic mass is 16.3. The van der Waals surface area contributed by atoms with E-state index in [1.807, 2.05) is 0 Å². The maximum atomic E-state index is 14.0. The number of aromatic hydroxyl groups is 1. The number of benzene rings is 1. The van der Waals surface area contributed by atoms with Crippen LogP contribution in [0.25, 0.3) is 5.76 Å². The molecule has 4 rings (SSSR count). The molecule has 13 heteroatoms. The number of likely N-dealkylation sites (N-methyl/N-ethyl adjacent to an activating group) is 2. The zero-order valence-corrected chi connectivity index (χ0v) is 22.3. The minimum atomic E-state index is -2.72. The number of carbonyl (C=O) groups is 4. The van der Waals surface area contributed by atoms with Gasteiger partial charge in [-0.15, -0.1) is 0 Å². The first-order valence-corrected chi connectivity index (χ1v) is 12.3. The number of phenols is 1. The lowest BCUT2D eigenvalue weighted by Gasteiger charge is -2.50. The molecule has 3 aliphatic carbocycles. The van der Waals surface area contributed by atoms with Gasteiger partial charge in [-0.2, -0.15) is 0 Å². The third kappa shape index (κ3) is 4.04. The molecule has 2 unspecified atom stereocenters. The zero-order chi connectivity index (χ0) is 29.1. The second kappa shape index (κ2) is 9.67. The summed E-state index contributed by atoms with van der Waals surface area (Å²) < 4.78 is 0. The number of aliphatic hydroxyl groups excluding tert-OH is 2. The number of hydrogen-bond donors (Lipinski definition) is 7. The van der Waals surface area contributed by atoms with Gasteiger partial charge in [0.15, 0.2) is 11.4 Å². The number of rotatable bonds is 6. The van der Waals surface area contributed by atoms with Gasteiger partial charge in [0, 0.05) is 31.3 Å². The van der Waals surface area contributed by atoms with E-state index in [-0.39, 0.29) is 36.2 Å². The largest absolute Gasteiger partial charge is 0.508 e. The molecule has 3 aliphatic rings. The fourth-order valence-corrected chi connectivity index (χ4v) is 6.14. The lowest BCUT2D eigenvalue weighted by molar-refractivity contribution is -0.153. The molecule has 0 spiro atoms. The third-order valence-electron chi connectivity index (χ3n) is 7.79. The third-order valence-corrected chi connectivity index (χ3v) is 7.79. The highest BCUT2D eigenvalue weighted by Gasteiger charge is 2.64. The van der Waals surface area contributed by atoms with Crippen LogP contribution < -0.4 is 21.3 Å². The summed E-state index contributed by atoms with van der Waals surface area (Å²) in [5.41, 5.74) is 2.44. The van der Waals surface area contributed by atoms with E-state index < -0.39 is 69.7 Å². The van der Waals surface area contributed by atoms with Crippen molar-refractivity contribution in [3.05, 3.63) is 34.1 Å². The van der Waals surface area contributed by atoms with E-state index in [0.29, 0.717) is 11.3 Å². The Morgan fingerprint density at radius 3 is 2.33 bits per heavy atom. The first-order valence-electron chi connectivity index (χ1n) is 12.3. The van der Waals surface area contributed by atoms with Crippen molar-refractivity contribution in [2.24, 2.45) is 17.6 Å². The predicted molar refractivity (Wildman–Crippen MR) is 141 cm³/mol. The molecule has 1 aromatic rings. The number of aliphatic hydroxyl groups is 3. The van der Waals surface area contributed by atoms with Crippen molar-refractivity contribution in [1.82, 2.24) is 10.2 Å². The summed E-state index contributed by atoms with van der Waals surface area (Å²) >= 11 is 0. The number of ketones is 2. The van der Waals surface area contributed by atoms with E-state index in [9.17, 15) is 39.6 Å². The molecular formula is C26H33N5O8. The summed E-state index contributed by atoms with van der Waals surface area (Å²) in [4.78, 5) is 54.7. The summed E-state index contributed by atoms with van der Waals surface area (Å²) in [6, 6.07) is 0.399. The van der Waals surface area contributed by atoms with Crippen LogP contribution in [0.15, 0.2) is 23.0 Å². The molecule has 1 aromatic carbocycles. The number of Topliss-reactive ketones (excluding diaryl/α,β-unsaturated/α-hetero) is 2. The van der Waals surface area contributed by atoms with E-state index in [1.165, 1.54) is 4.90 Å². The van der Waals surface area contributed by atoms with Crippen molar-refractivity contribution in [1.29, 1.82) is 0 Å². The van der Waals surface area contributed by atoms with Gasteiger partial charge in [0.25, 0.3) is 5.91 Å². The highest BCUT2D eigenvalue weighted by Crippen LogP contribution is 2.54. The normalized spacial score (nSPS) is 26.3. The number of nitrogens with zero attached hydrogens (tertiary/aromatic N) is 2. The summed E-state index contributed by atoms with van der Waals surface area (Å²) in [5.74, 6) is -7.78. The summed E-state index contributed by atoms with van der Waals surface area (Å²) in [7, 11) is 8.14. The minimum absolute atomic E-state index is 0.00200. The Kier molecular flexibility index (Phi) is 6.96. The SMILES string of the molecule is CNCC(=O)Nc1cc(N(C)C)c2c(c1O)C(O)=C1C(=O)[C@]3(O)C(O)=C(C(N)=O)C(=O)[C@@H](N(C)C)C3CC1C2. The second-order valence-electron chi connectivity index (χ2n) is 10.6. The quantitative estimate of drug-likeness (QED) is 0.174. The Hall–Kier alpha value is -3.94. The molecule has 210 valence electrons. The molecule has 13 nitrogen and oxygen atoms in total. The van der Waals surface area contributed by atoms with Gasteiger partial charge in [-0.3, -0.25) is 24.1 Å². The van der Waals surface area contributed by atoms with E-state index >= 15 is 0 Å². The predicted octanol–water partition coefficient (Wildman–Crippen LogP) is -0.812. The van der Waals surface area contributed by atoms with Gasteiger partial charge in [-0.1, -0.05) is 0 Å². The van der Waals surface area contributed by atoms with Crippen LogP contribution in [-0.4, -0.2) is 102 Å². The lowest BCUT2D eigenvalue weighted by atomic mass is 9.57. The highest BCUT2D eigenvalue weighted by molar-refractivity contribution is 6.24. The van der Waals surface area contributed by atoms with E-state index in [2.05, 4.69) is 10.6 Å². The molecular weight excluding hydrogens is 510 g/mol. The van der Waals surface area contributed by atoms with Crippen molar-refractivity contribution >= 4 is 40.5 Å². The zero-order valence-electron chi connectivity index (χ0n) is 22.3. The van der Waals surface area contributed by atoms with Crippen molar-refractivity contribution in [3.8, 4) is 5.75 Å². The Labute approximate surface area is 224 Å². The number of amides is 2. The second-order valence-corrected chi connectivity index (χ2v) is 10.6. The number of fused-ring (bicyclic) bond motifs is 3. The molecule has 0 heterocycles. The Morgan fingerprint density at radius 1 is 1.15 bits per heavy atom. The molecule has 0 aliphatic heterocycles. The number of anilines is 2. The minimum Gasteiger partial charge on any atom is -0.508 e. The van der Waals surface area contributed by atoms with Crippen LogP contribution in [0.2, 0.25) is 0 Å². The van der Waals surface area contributed by atoms with Crippen molar-refractivity contribution in [3.63, 3.8) is 0 Å². The van der Waals surface area contributed by atoms with Crippen LogP contribution in [0.1, 0.15) is 17.5 Å². The first kappa shape index (κ1) is 28.1. The molecule has 1 saturated carbocycles. The maximum Gasteiger partial charge on any atom is 0.255 e. The molecule has 4 atom stereocenters. The van der Waals surface area contributed by atoms with E-state index in [4.69, 9.17) is 5.73 Å². The lowest BCUT2D eigenvalue weighted by Crippen LogP contribution is -2.65. The Bertz CT molecular complexity index is 1360. The summed E-state index contributed by atoms with van der Waals surface area (Å²) in [6.07, 6.45) is 0.125. The Balaban J connectivity index is 1.97. The molecule has 8 N–H and O–H groups in total. The Morgan fingerprint density at radius 2 is 1.79 bits per heavy atom. The smallest absolute Gasteiger partial charge is 0.255 e.